The van der Waals surface area contributed by atoms with Gasteiger partial charge >= 0.3 is 12.4 Å². The Bertz CT molecular complexity index is 1050. The van der Waals surface area contributed by atoms with E-state index in [-0.39, 0.29) is 12.8 Å². The molecule has 1 aliphatic rings. The van der Waals surface area contributed by atoms with Crippen LogP contribution in [0.2, 0.25) is 0 Å². The maximum Gasteiger partial charge on any atom is 0.416 e. The molecule has 2 aromatic rings. The summed E-state index contributed by atoms with van der Waals surface area (Å²) in [6.07, 6.45) is -11.9. The minimum absolute atomic E-state index is 0.173. The van der Waals surface area contributed by atoms with Crippen molar-refractivity contribution in [3.63, 3.8) is 0 Å². The molecule has 31 heavy (non-hydrogen) atoms. The van der Waals surface area contributed by atoms with Crippen molar-refractivity contribution in [1.29, 1.82) is 0 Å². The number of hydrogen-bond acceptors (Lipinski definition) is 3. The van der Waals surface area contributed by atoms with Gasteiger partial charge in [-0.3, -0.25) is 0 Å². The lowest BCUT2D eigenvalue weighted by atomic mass is 9.79. The van der Waals surface area contributed by atoms with E-state index < -0.39 is 73.3 Å². The van der Waals surface area contributed by atoms with Crippen LogP contribution in [0.5, 0.6) is 0 Å². The smallest absolute Gasteiger partial charge is 0.393 e. The molecule has 0 amide bonds. The molecule has 1 N–H and O–H groups in total. The Labute approximate surface area is 173 Å². The first kappa shape index (κ1) is 23.5. The van der Waals surface area contributed by atoms with Gasteiger partial charge in [0.1, 0.15) is 10.6 Å². The molecule has 0 saturated heterocycles. The standard InChI is InChI=1S/C20H17F7O3S/c21-13-3-6-16(20(25,26)27)17(11-13)18(9-7-14(28)8-10-18)31(29,30)15-4-1-12(2-5-15)19(22,23)24/h1-6,11,14,28H,7-10H2/t14-,18-. The summed E-state index contributed by atoms with van der Waals surface area (Å²) in [5, 5.41) is 9.82. The number of rotatable bonds is 3. The van der Waals surface area contributed by atoms with Gasteiger partial charge in [0.15, 0.2) is 9.84 Å². The molecule has 170 valence electrons. The van der Waals surface area contributed by atoms with Crippen LogP contribution < -0.4 is 0 Å². The van der Waals surface area contributed by atoms with E-state index >= 15 is 0 Å². The van der Waals surface area contributed by atoms with Crippen LogP contribution in [0.1, 0.15) is 42.4 Å². The van der Waals surface area contributed by atoms with Gasteiger partial charge in [-0.05, 0) is 73.7 Å². The van der Waals surface area contributed by atoms with Gasteiger partial charge in [0.25, 0.3) is 0 Å². The summed E-state index contributed by atoms with van der Waals surface area (Å²) in [6.45, 7) is 0. The lowest BCUT2D eigenvalue weighted by molar-refractivity contribution is -0.139. The number of sulfone groups is 1. The van der Waals surface area contributed by atoms with E-state index in [1.54, 1.807) is 0 Å². The summed E-state index contributed by atoms with van der Waals surface area (Å²) in [4.78, 5) is -0.616. The zero-order chi connectivity index (χ0) is 23.2. The first-order valence-electron chi connectivity index (χ1n) is 9.16. The maximum absolute atomic E-state index is 14.0. The van der Waals surface area contributed by atoms with Crippen LogP contribution in [0, 0.1) is 5.82 Å². The molecule has 0 spiro atoms. The second-order valence-electron chi connectivity index (χ2n) is 7.44. The van der Waals surface area contributed by atoms with E-state index in [2.05, 4.69) is 0 Å². The summed E-state index contributed by atoms with van der Waals surface area (Å²) >= 11 is 0. The first-order chi connectivity index (χ1) is 14.2. The van der Waals surface area contributed by atoms with Crippen molar-refractivity contribution in [3.05, 3.63) is 65.0 Å². The van der Waals surface area contributed by atoms with E-state index in [1.807, 2.05) is 0 Å². The van der Waals surface area contributed by atoms with Crippen LogP contribution in [0.4, 0.5) is 30.7 Å². The summed E-state index contributed by atoms with van der Waals surface area (Å²) in [7, 11) is -4.71. The fourth-order valence-electron chi connectivity index (χ4n) is 3.94. The van der Waals surface area contributed by atoms with Crippen LogP contribution in [0.25, 0.3) is 0 Å². The van der Waals surface area contributed by atoms with E-state index in [4.69, 9.17) is 0 Å². The lowest BCUT2D eigenvalue weighted by Gasteiger charge is -2.40. The topological polar surface area (TPSA) is 54.4 Å². The van der Waals surface area contributed by atoms with Gasteiger partial charge in [0.05, 0.1) is 22.1 Å². The SMILES string of the molecule is O=S(=O)(c1ccc(C(F)(F)F)cc1)[C@]1(c2cc(F)ccc2C(F)(F)F)CC[C@@H](O)CC1. The summed E-state index contributed by atoms with van der Waals surface area (Å²) in [5.74, 6) is -1.09. The third-order valence-electron chi connectivity index (χ3n) is 5.55. The summed E-state index contributed by atoms with van der Waals surface area (Å²) < 4.78 is 118. The van der Waals surface area contributed by atoms with Crippen molar-refractivity contribution in [1.82, 2.24) is 0 Å². The third kappa shape index (κ3) is 4.30. The Morgan fingerprint density at radius 3 is 1.90 bits per heavy atom. The van der Waals surface area contributed by atoms with E-state index in [0.29, 0.717) is 42.5 Å². The van der Waals surface area contributed by atoms with Gasteiger partial charge in [-0.25, -0.2) is 12.8 Å². The molecule has 0 radical (unpaired) electrons. The van der Waals surface area contributed by atoms with Gasteiger partial charge in [0.2, 0.25) is 0 Å². The number of aliphatic hydroxyl groups excluding tert-OH is 1. The molecule has 3 nitrogen and oxygen atoms in total. The monoisotopic (exact) mass is 470 g/mol. The molecule has 0 unspecified atom stereocenters. The van der Waals surface area contributed by atoms with E-state index in [0.717, 1.165) is 0 Å². The fraction of sp³-hybridized carbons (Fsp3) is 0.400. The molecule has 0 aromatic heterocycles. The molecule has 1 saturated carbocycles. The van der Waals surface area contributed by atoms with Crippen LogP contribution in [0.15, 0.2) is 47.4 Å². The van der Waals surface area contributed by atoms with Gasteiger partial charge < -0.3 is 5.11 Å². The predicted octanol–water partition coefficient (Wildman–Crippen LogP) is 5.47. The maximum atomic E-state index is 14.0. The molecule has 1 fully saturated rings. The predicted molar refractivity (Wildman–Crippen MR) is 96.2 cm³/mol. The molecule has 0 aliphatic heterocycles. The quantitative estimate of drug-likeness (QED) is 0.606. The Balaban J connectivity index is 2.24. The number of halogens is 7. The number of hydrogen-bond donors (Lipinski definition) is 1. The first-order valence-corrected chi connectivity index (χ1v) is 10.6. The van der Waals surface area contributed by atoms with Gasteiger partial charge in [-0.1, -0.05) is 0 Å². The third-order valence-corrected chi connectivity index (χ3v) is 8.10. The van der Waals surface area contributed by atoms with Crippen molar-refractivity contribution in [2.75, 3.05) is 0 Å². The zero-order valence-corrected chi connectivity index (χ0v) is 16.6. The minimum atomic E-state index is -5.00. The molecule has 11 heteroatoms. The molecule has 1 aliphatic carbocycles. The summed E-state index contributed by atoms with van der Waals surface area (Å²) in [6, 6.07) is 3.91. The Kier molecular flexibility index (Phi) is 5.90. The van der Waals surface area contributed by atoms with Gasteiger partial charge in [-0.15, -0.1) is 0 Å². The Morgan fingerprint density at radius 1 is 0.871 bits per heavy atom. The second kappa shape index (κ2) is 7.77. The van der Waals surface area contributed by atoms with Crippen LogP contribution in [-0.2, 0) is 26.9 Å². The highest BCUT2D eigenvalue weighted by Gasteiger charge is 2.52. The number of benzene rings is 2. The van der Waals surface area contributed by atoms with Crippen molar-refractivity contribution in [3.8, 4) is 0 Å². The van der Waals surface area contributed by atoms with Crippen molar-refractivity contribution in [2.24, 2.45) is 0 Å². The highest BCUT2D eigenvalue weighted by molar-refractivity contribution is 7.92. The van der Waals surface area contributed by atoms with Crippen LogP contribution in [0.3, 0.4) is 0 Å². The highest BCUT2D eigenvalue weighted by Crippen LogP contribution is 2.50. The zero-order valence-electron chi connectivity index (χ0n) is 15.8. The fourth-order valence-corrected chi connectivity index (χ4v) is 6.12. The highest BCUT2D eigenvalue weighted by atomic mass is 32.2. The van der Waals surface area contributed by atoms with Gasteiger partial charge in [0, 0.05) is 0 Å². The van der Waals surface area contributed by atoms with Crippen LogP contribution >= 0.6 is 0 Å². The van der Waals surface area contributed by atoms with Crippen molar-refractivity contribution < 1.29 is 44.3 Å². The molecule has 2 aromatic carbocycles. The second-order valence-corrected chi connectivity index (χ2v) is 9.70. The Hall–Kier alpha value is -2.14. The summed E-state index contributed by atoms with van der Waals surface area (Å²) in [5.41, 5.74) is -3.28. The van der Waals surface area contributed by atoms with Gasteiger partial charge in [-0.2, -0.15) is 26.3 Å². The molecule has 3 rings (SSSR count). The average Bonchev–Trinajstić information content (AvgIpc) is 2.67. The molecule has 0 atom stereocenters. The van der Waals surface area contributed by atoms with Crippen molar-refractivity contribution in [2.45, 2.75) is 53.8 Å². The molecule has 0 bridgehead atoms. The molecule has 0 heterocycles. The number of aliphatic hydroxyl groups is 1. The molecular formula is C20H17F7O3S. The van der Waals surface area contributed by atoms with E-state index in [9.17, 15) is 44.3 Å². The normalized spacial score (nSPS) is 23.0. The largest absolute Gasteiger partial charge is 0.416 e. The number of alkyl halides is 6. The molecular weight excluding hydrogens is 453 g/mol. The lowest BCUT2D eigenvalue weighted by Crippen LogP contribution is -2.42. The van der Waals surface area contributed by atoms with Crippen molar-refractivity contribution >= 4 is 9.84 Å². The minimum Gasteiger partial charge on any atom is -0.393 e. The van der Waals surface area contributed by atoms with Crippen LogP contribution in [-0.4, -0.2) is 19.6 Å². The Morgan fingerprint density at radius 2 is 1.42 bits per heavy atom. The van der Waals surface area contributed by atoms with E-state index in [1.165, 1.54) is 0 Å². The average molecular weight is 470 g/mol.